The van der Waals surface area contributed by atoms with E-state index >= 15 is 0 Å². The van der Waals surface area contributed by atoms with E-state index in [1.54, 1.807) is 6.21 Å². The van der Waals surface area contributed by atoms with Crippen molar-refractivity contribution >= 4 is 33.7 Å². The first-order chi connectivity index (χ1) is 9.15. The standard InChI is InChI=1S/C13H14N4OS/c1-9(2)11(18)15-13-17-16-12(19-13)14-8-10-6-4-3-5-7-10/h3-9H,1-2H3,(H,15,17,18). The van der Waals surface area contributed by atoms with Crippen molar-refractivity contribution in [2.24, 2.45) is 10.9 Å². The van der Waals surface area contributed by atoms with Crippen LogP contribution in [0.25, 0.3) is 0 Å². The quantitative estimate of drug-likeness (QED) is 0.872. The van der Waals surface area contributed by atoms with E-state index in [0.717, 1.165) is 5.56 Å². The number of aliphatic imine (C=N–C) groups is 1. The first-order valence-electron chi connectivity index (χ1n) is 5.88. The molecular weight excluding hydrogens is 260 g/mol. The number of amides is 1. The zero-order valence-corrected chi connectivity index (χ0v) is 11.5. The van der Waals surface area contributed by atoms with Crippen LogP contribution in [-0.2, 0) is 4.79 Å². The lowest BCUT2D eigenvalue weighted by Gasteiger charge is -2.01. The minimum Gasteiger partial charge on any atom is -0.300 e. The zero-order valence-electron chi connectivity index (χ0n) is 10.7. The van der Waals surface area contributed by atoms with Crippen molar-refractivity contribution in [3.05, 3.63) is 35.9 Å². The Balaban J connectivity index is 2.02. The number of aromatic nitrogens is 2. The number of benzene rings is 1. The summed E-state index contributed by atoms with van der Waals surface area (Å²) in [5.74, 6) is -0.157. The Morgan fingerprint density at radius 2 is 2.05 bits per heavy atom. The number of carbonyl (C=O) groups excluding carboxylic acids is 1. The van der Waals surface area contributed by atoms with Gasteiger partial charge in [-0.25, -0.2) is 4.99 Å². The molecule has 0 saturated heterocycles. The van der Waals surface area contributed by atoms with Gasteiger partial charge in [-0.05, 0) is 5.56 Å². The molecule has 0 radical (unpaired) electrons. The third-order valence-corrected chi connectivity index (χ3v) is 3.04. The number of carbonyl (C=O) groups is 1. The van der Waals surface area contributed by atoms with Crippen molar-refractivity contribution in [3.63, 3.8) is 0 Å². The van der Waals surface area contributed by atoms with Gasteiger partial charge in [0.25, 0.3) is 0 Å². The Bertz CT molecular complexity index is 577. The van der Waals surface area contributed by atoms with E-state index in [-0.39, 0.29) is 11.8 Å². The van der Waals surface area contributed by atoms with Gasteiger partial charge in [-0.3, -0.25) is 4.79 Å². The summed E-state index contributed by atoms with van der Waals surface area (Å²) in [5, 5.41) is 11.5. The topological polar surface area (TPSA) is 67.2 Å². The molecule has 2 rings (SSSR count). The van der Waals surface area contributed by atoms with E-state index in [9.17, 15) is 4.79 Å². The molecule has 1 aromatic heterocycles. The van der Waals surface area contributed by atoms with Gasteiger partial charge < -0.3 is 5.32 Å². The van der Waals surface area contributed by atoms with Gasteiger partial charge in [0.15, 0.2) is 0 Å². The maximum atomic E-state index is 11.5. The normalized spacial score (nSPS) is 11.1. The molecule has 0 spiro atoms. The van der Waals surface area contributed by atoms with Crippen molar-refractivity contribution in [2.75, 3.05) is 5.32 Å². The van der Waals surface area contributed by atoms with E-state index in [0.29, 0.717) is 10.3 Å². The lowest BCUT2D eigenvalue weighted by Crippen LogP contribution is -2.17. The van der Waals surface area contributed by atoms with Crippen LogP contribution in [-0.4, -0.2) is 22.3 Å². The Labute approximate surface area is 115 Å². The molecule has 6 heteroatoms. The molecule has 2 aromatic rings. The number of anilines is 1. The smallest absolute Gasteiger partial charge is 0.233 e. The van der Waals surface area contributed by atoms with Crippen molar-refractivity contribution in [1.82, 2.24) is 10.2 Å². The summed E-state index contributed by atoms with van der Waals surface area (Å²) in [7, 11) is 0. The maximum absolute atomic E-state index is 11.5. The first kappa shape index (κ1) is 13.4. The van der Waals surface area contributed by atoms with Crippen molar-refractivity contribution in [2.45, 2.75) is 13.8 Å². The van der Waals surface area contributed by atoms with Gasteiger partial charge >= 0.3 is 0 Å². The molecule has 5 nitrogen and oxygen atoms in total. The minimum atomic E-state index is -0.0832. The molecule has 1 heterocycles. The summed E-state index contributed by atoms with van der Waals surface area (Å²) in [6, 6.07) is 9.73. The minimum absolute atomic E-state index is 0.0743. The summed E-state index contributed by atoms with van der Waals surface area (Å²) < 4.78 is 0. The molecule has 0 unspecified atom stereocenters. The molecule has 0 aliphatic heterocycles. The first-order valence-corrected chi connectivity index (χ1v) is 6.70. The Morgan fingerprint density at radius 1 is 1.32 bits per heavy atom. The van der Waals surface area contributed by atoms with Gasteiger partial charge in [-0.15, -0.1) is 10.2 Å². The fourth-order valence-corrected chi connectivity index (χ4v) is 1.83. The predicted molar refractivity (Wildman–Crippen MR) is 77.1 cm³/mol. The largest absolute Gasteiger partial charge is 0.300 e. The average Bonchev–Trinajstić information content (AvgIpc) is 2.85. The van der Waals surface area contributed by atoms with E-state index in [2.05, 4.69) is 20.5 Å². The number of rotatable bonds is 4. The van der Waals surface area contributed by atoms with E-state index in [1.807, 2.05) is 44.2 Å². The fraction of sp³-hybridized carbons (Fsp3) is 0.231. The average molecular weight is 274 g/mol. The third-order valence-electron chi connectivity index (χ3n) is 2.29. The van der Waals surface area contributed by atoms with Gasteiger partial charge in [-0.2, -0.15) is 0 Å². The van der Waals surface area contributed by atoms with Crippen LogP contribution < -0.4 is 5.32 Å². The van der Waals surface area contributed by atoms with Gasteiger partial charge in [0.2, 0.25) is 16.2 Å². The number of hydrogen-bond acceptors (Lipinski definition) is 5. The zero-order chi connectivity index (χ0) is 13.7. The molecule has 0 saturated carbocycles. The monoisotopic (exact) mass is 274 g/mol. The number of nitrogens with one attached hydrogen (secondary N) is 1. The summed E-state index contributed by atoms with van der Waals surface area (Å²) in [6.07, 6.45) is 1.72. The molecule has 0 aliphatic carbocycles. The van der Waals surface area contributed by atoms with Gasteiger partial charge in [0.05, 0.1) is 0 Å². The highest BCUT2D eigenvalue weighted by Gasteiger charge is 2.10. The molecule has 19 heavy (non-hydrogen) atoms. The van der Waals surface area contributed by atoms with Crippen LogP contribution in [0.15, 0.2) is 35.3 Å². The second kappa shape index (κ2) is 6.19. The molecule has 0 atom stereocenters. The summed E-state index contributed by atoms with van der Waals surface area (Å²) >= 11 is 1.25. The number of nitrogens with zero attached hydrogens (tertiary/aromatic N) is 3. The van der Waals surface area contributed by atoms with Gasteiger partial charge in [-0.1, -0.05) is 55.5 Å². The highest BCUT2D eigenvalue weighted by Crippen LogP contribution is 2.22. The molecule has 1 amide bonds. The van der Waals surface area contributed by atoms with Crippen LogP contribution in [0, 0.1) is 5.92 Å². The lowest BCUT2D eigenvalue weighted by atomic mass is 10.2. The van der Waals surface area contributed by atoms with Crippen molar-refractivity contribution in [3.8, 4) is 0 Å². The maximum Gasteiger partial charge on any atom is 0.233 e. The van der Waals surface area contributed by atoms with Gasteiger partial charge in [0.1, 0.15) is 0 Å². The molecule has 98 valence electrons. The summed E-state index contributed by atoms with van der Waals surface area (Å²) in [5.41, 5.74) is 0.991. The van der Waals surface area contributed by atoms with E-state index in [4.69, 9.17) is 0 Å². The number of hydrogen-bond donors (Lipinski definition) is 1. The predicted octanol–water partition coefficient (Wildman–Crippen LogP) is 2.88. The Hall–Kier alpha value is -2.08. The second-order valence-electron chi connectivity index (χ2n) is 4.20. The lowest BCUT2D eigenvalue weighted by molar-refractivity contribution is -0.118. The van der Waals surface area contributed by atoms with Crippen LogP contribution in [0.5, 0.6) is 0 Å². The Morgan fingerprint density at radius 3 is 2.74 bits per heavy atom. The SMILES string of the molecule is CC(C)C(=O)Nc1nnc(N=Cc2ccccc2)s1. The van der Waals surface area contributed by atoms with E-state index in [1.165, 1.54) is 11.3 Å². The highest BCUT2D eigenvalue weighted by atomic mass is 32.1. The van der Waals surface area contributed by atoms with Gasteiger partial charge in [0, 0.05) is 12.1 Å². The fourth-order valence-electron chi connectivity index (χ4n) is 1.24. The summed E-state index contributed by atoms with van der Waals surface area (Å²) in [4.78, 5) is 15.7. The molecule has 1 N–H and O–H groups in total. The Kier molecular flexibility index (Phi) is 4.35. The van der Waals surface area contributed by atoms with Crippen molar-refractivity contribution in [1.29, 1.82) is 0 Å². The van der Waals surface area contributed by atoms with E-state index < -0.39 is 0 Å². The van der Waals surface area contributed by atoms with Crippen LogP contribution in [0.2, 0.25) is 0 Å². The molecular formula is C13H14N4OS. The third kappa shape index (κ3) is 3.96. The molecule has 0 aliphatic rings. The van der Waals surface area contributed by atoms with Crippen LogP contribution in [0.3, 0.4) is 0 Å². The molecule has 0 fully saturated rings. The highest BCUT2D eigenvalue weighted by molar-refractivity contribution is 7.18. The van der Waals surface area contributed by atoms with Crippen LogP contribution in [0.4, 0.5) is 10.3 Å². The van der Waals surface area contributed by atoms with Crippen LogP contribution >= 0.6 is 11.3 Å². The second-order valence-corrected chi connectivity index (χ2v) is 5.16. The van der Waals surface area contributed by atoms with Crippen LogP contribution in [0.1, 0.15) is 19.4 Å². The summed E-state index contributed by atoms with van der Waals surface area (Å²) in [6.45, 7) is 3.65. The molecule has 1 aromatic carbocycles. The van der Waals surface area contributed by atoms with Crippen molar-refractivity contribution < 1.29 is 4.79 Å². The molecule has 0 bridgehead atoms.